The van der Waals surface area contributed by atoms with Crippen molar-refractivity contribution in [2.24, 2.45) is 0 Å². The molecular formula is C48H57N7O7. The van der Waals surface area contributed by atoms with Crippen LogP contribution in [0.15, 0.2) is 72.8 Å². The molecule has 0 aliphatic heterocycles. The first kappa shape index (κ1) is 45.0. The van der Waals surface area contributed by atoms with Gasteiger partial charge in [0, 0.05) is 16.5 Å². The topological polar surface area (TPSA) is 204 Å². The predicted molar refractivity (Wildman–Crippen MR) is 241 cm³/mol. The van der Waals surface area contributed by atoms with Gasteiger partial charge in [-0.15, -0.1) is 0 Å². The summed E-state index contributed by atoms with van der Waals surface area (Å²) in [5, 5.41) is 13.2. The number of hydrogen-bond donors (Lipinski definition) is 5. The number of benzene rings is 3. The Morgan fingerprint density at radius 3 is 1.50 bits per heavy atom. The number of para-hydroxylation sites is 2. The number of methoxy groups -OCH3 is 2. The van der Waals surface area contributed by atoms with Gasteiger partial charge in [-0.2, -0.15) is 0 Å². The molecule has 0 saturated heterocycles. The summed E-state index contributed by atoms with van der Waals surface area (Å²) in [5.74, 6) is -1.82. The number of carbonyl (C=O) groups excluding carboxylic acids is 5. The Kier molecular flexibility index (Phi) is 14.4. The minimum Gasteiger partial charge on any atom is -0.467 e. The van der Waals surface area contributed by atoms with Crippen LogP contribution in [0.5, 0.6) is 0 Å². The fourth-order valence-corrected chi connectivity index (χ4v) is 8.71. The molecule has 4 amide bonds. The molecule has 2 aliphatic carbocycles. The Morgan fingerprint density at radius 2 is 1.02 bits per heavy atom. The number of aromatic nitrogens is 2. The SMILES string of the molecule is COC(=O)C1(NC(=O)c2nc3ccccc3cc2N)CCCCCC1.COC(=O)C1(NC(=O)c2nc3ccccc3cc2NC(=O)Nc2c(C)cc(C)cc2C)CCCCCC1. The van der Waals surface area contributed by atoms with Gasteiger partial charge in [0.25, 0.3) is 11.8 Å². The van der Waals surface area contributed by atoms with E-state index in [0.717, 1.165) is 78.8 Å². The molecule has 7 rings (SSSR count). The number of urea groups is 1. The zero-order valence-electron chi connectivity index (χ0n) is 36.2. The number of nitrogens with two attached hydrogens (primary N) is 1. The van der Waals surface area contributed by atoms with E-state index in [-0.39, 0.29) is 17.1 Å². The smallest absolute Gasteiger partial charge is 0.331 e. The Labute approximate surface area is 362 Å². The van der Waals surface area contributed by atoms with Crippen molar-refractivity contribution in [3.05, 3.63) is 101 Å². The first-order chi connectivity index (χ1) is 29.8. The second kappa shape index (κ2) is 19.9. The highest BCUT2D eigenvalue weighted by molar-refractivity contribution is 6.09. The van der Waals surface area contributed by atoms with Crippen LogP contribution < -0.4 is 27.0 Å². The second-order valence-electron chi connectivity index (χ2n) is 16.4. The normalized spacial score (nSPS) is 15.7. The maximum atomic E-state index is 13.6. The minimum absolute atomic E-state index is 0.0405. The van der Waals surface area contributed by atoms with Gasteiger partial charge in [0.1, 0.15) is 11.1 Å². The lowest BCUT2D eigenvalue weighted by molar-refractivity contribution is -0.149. The molecule has 62 heavy (non-hydrogen) atoms. The Bertz CT molecular complexity index is 2450. The van der Waals surface area contributed by atoms with Crippen molar-refractivity contribution in [2.75, 3.05) is 30.6 Å². The monoisotopic (exact) mass is 843 g/mol. The molecule has 6 N–H and O–H groups in total. The number of amides is 4. The molecule has 2 aromatic heterocycles. The summed E-state index contributed by atoms with van der Waals surface area (Å²) in [4.78, 5) is 73.8. The van der Waals surface area contributed by atoms with Crippen LogP contribution >= 0.6 is 0 Å². The average Bonchev–Trinajstić information content (AvgIpc) is 3.66. The van der Waals surface area contributed by atoms with E-state index < -0.39 is 40.9 Å². The summed E-state index contributed by atoms with van der Waals surface area (Å²) in [5.41, 5.74) is 9.65. The van der Waals surface area contributed by atoms with Gasteiger partial charge >= 0.3 is 18.0 Å². The number of nitrogens with one attached hydrogen (secondary N) is 4. The number of nitrogen functional groups attached to an aromatic ring is 1. The van der Waals surface area contributed by atoms with Crippen molar-refractivity contribution < 1.29 is 33.4 Å². The lowest BCUT2D eigenvalue weighted by Crippen LogP contribution is -2.55. The van der Waals surface area contributed by atoms with E-state index in [1.807, 2.05) is 75.4 Å². The van der Waals surface area contributed by atoms with Crippen molar-refractivity contribution in [1.82, 2.24) is 20.6 Å². The molecule has 2 fully saturated rings. The third kappa shape index (κ3) is 10.3. The lowest BCUT2D eigenvalue weighted by atomic mass is 9.90. The zero-order valence-corrected chi connectivity index (χ0v) is 36.2. The van der Waals surface area contributed by atoms with Crippen molar-refractivity contribution in [3.63, 3.8) is 0 Å². The second-order valence-corrected chi connectivity index (χ2v) is 16.4. The molecule has 326 valence electrons. The van der Waals surface area contributed by atoms with Gasteiger partial charge in [-0.25, -0.2) is 24.4 Å². The molecule has 2 saturated carbocycles. The number of fused-ring (bicyclic) bond motifs is 2. The number of carbonyl (C=O) groups is 5. The summed E-state index contributed by atoms with van der Waals surface area (Å²) in [6.45, 7) is 5.88. The van der Waals surface area contributed by atoms with Gasteiger partial charge in [0.15, 0.2) is 11.4 Å². The molecule has 2 aliphatic rings. The summed E-state index contributed by atoms with van der Waals surface area (Å²) in [7, 11) is 2.69. The van der Waals surface area contributed by atoms with E-state index >= 15 is 0 Å². The fourth-order valence-electron chi connectivity index (χ4n) is 8.71. The van der Waals surface area contributed by atoms with Crippen LogP contribution in [0.25, 0.3) is 21.8 Å². The zero-order chi connectivity index (χ0) is 44.4. The van der Waals surface area contributed by atoms with Crippen LogP contribution in [0.2, 0.25) is 0 Å². The number of nitrogens with zero attached hydrogens (tertiary/aromatic N) is 2. The standard InChI is InChI=1S/C29H34N4O4.C19H23N3O3/c1-18-15-19(2)24(20(3)16-18)32-28(36)31-23-17-21-11-7-8-12-22(21)30-25(23)26(34)33-29(27(35)37-4)13-9-5-6-10-14-29;1-25-18(24)19(10-6-2-3-7-11-19)22-17(23)16-14(20)12-13-8-4-5-9-15(13)21-16/h7-8,11-12,15-17H,5-6,9-10,13-14H2,1-4H3,(H,33,34)(H2,31,32,36);4-5,8-9,12H,2-3,6-7,10-11,20H2,1H3,(H,22,23). The van der Waals surface area contributed by atoms with Gasteiger partial charge in [0.2, 0.25) is 0 Å². The Balaban J connectivity index is 0.000000223. The molecule has 5 aromatic rings. The highest BCUT2D eigenvalue weighted by atomic mass is 16.5. The molecule has 3 aromatic carbocycles. The molecule has 0 bridgehead atoms. The molecular weight excluding hydrogens is 787 g/mol. The van der Waals surface area contributed by atoms with E-state index in [2.05, 4.69) is 31.2 Å². The number of anilines is 3. The van der Waals surface area contributed by atoms with Crippen LogP contribution in [0.3, 0.4) is 0 Å². The lowest BCUT2D eigenvalue weighted by Gasteiger charge is -2.31. The number of hydrogen-bond acceptors (Lipinski definition) is 10. The average molecular weight is 844 g/mol. The maximum Gasteiger partial charge on any atom is 0.331 e. The quantitative estimate of drug-likeness (QED) is 0.0743. The number of aryl methyl sites for hydroxylation is 3. The van der Waals surface area contributed by atoms with Gasteiger partial charge < -0.3 is 36.5 Å². The summed E-state index contributed by atoms with van der Waals surface area (Å²) in [6, 6.07) is 21.8. The minimum atomic E-state index is -1.12. The van der Waals surface area contributed by atoms with E-state index in [4.69, 9.17) is 15.2 Å². The van der Waals surface area contributed by atoms with E-state index in [1.54, 1.807) is 18.2 Å². The Hall–Kier alpha value is -6.57. The van der Waals surface area contributed by atoms with Crippen LogP contribution in [0.4, 0.5) is 21.9 Å². The molecule has 14 heteroatoms. The van der Waals surface area contributed by atoms with Crippen molar-refractivity contribution in [2.45, 2.75) is 109 Å². The predicted octanol–water partition coefficient (Wildman–Crippen LogP) is 8.61. The summed E-state index contributed by atoms with van der Waals surface area (Å²) >= 11 is 0. The number of rotatable bonds is 8. The van der Waals surface area contributed by atoms with Crippen LogP contribution in [0, 0.1) is 20.8 Å². The third-order valence-electron chi connectivity index (χ3n) is 11.8. The Morgan fingerprint density at radius 1 is 0.581 bits per heavy atom. The molecule has 0 unspecified atom stereocenters. The van der Waals surface area contributed by atoms with E-state index in [0.29, 0.717) is 48.1 Å². The number of esters is 2. The first-order valence-corrected chi connectivity index (χ1v) is 21.3. The largest absolute Gasteiger partial charge is 0.467 e. The van der Waals surface area contributed by atoms with Crippen LogP contribution in [-0.4, -0.2) is 65.0 Å². The summed E-state index contributed by atoms with van der Waals surface area (Å²) in [6.07, 6.45) is 9.57. The van der Waals surface area contributed by atoms with Crippen LogP contribution in [0.1, 0.15) is 115 Å². The van der Waals surface area contributed by atoms with E-state index in [1.165, 1.54) is 14.2 Å². The van der Waals surface area contributed by atoms with Gasteiger partial charge in [0.05, 0.1) is 36.6 Å². The molecule has 2 heterocycles. The molecule has 0 atom stereocenters. The van der Waals surface area contributed by atoms with E-state index in [9.17, 15) is 24.0 Å². The van der Waals surface area contributed by atoms with Gasteiger partial charge in [-0.1, -0.05) is 105 Å². The highest BCUT2D eigenvalue weighted by Crippen LogP contribution is 2.32. The number of ether oxygens (including phenoxy) is 2. The maximum absolute atomic E-state index is 13.6. The third-order valence-corrected chi connectivity index (χ3v) is 11.8. The first-order valence-electron chi connectivity index (χ1n) is 21.3. The number of pyridine rings is 2. The molecule has 0 radical (unpaired) electrons. The van der Waals surface area contributed by atoms with Crippen molar-refractivity contribution in [3.8, 4) is 0 Å². The van der Waals surface area contributed by atoms with Crippen molar-refractivity contribution >= 4 is 68.7 Å². The van der Waals surface area contributed by atoms with Gasteiger partial charge in [-0.3, -0.25) is 9.59 Å². The van der Waals surface area contributed by atoms with Gasteiger partial charge in [-0.05, 0) is 81.8 Å². The fraction of sp³-hybridized carbons (Fsp3) is 0.396. The summed E-state index contributed by atoms with van der Waals surface area (Å²) < 4.78 is 10.1. The van der Waals surface area contributed by atoms with Crippen LogP contribution in [-0.2, 0) is 19.1 Å². The highest BCUT2D eigenvalue weighted by Gasteiger charge is 2.43. The molecule has 14 nitrogen and oxygen atoms in total. The molecule has 0 spiro atoms. The van der Waals surface area contributed by atoms with Crippen molar-refractivity contribution in [1.29, 1.82) is 0 Å².